The van der Waals surface area contributed by atoms with Gasteiger partial charge in [0.15, 0.2) is 0 Å². The third kappa shape index (κ3) is 2.75. The standard InChI is InChI=1S/C35H24N2/c1-36-30-20-9-7-18-28(30)32-33-29-19-8-10-21-31(29)37(35(33)27-17-6-5-16-26(27)34(32)36)25-15-11-14-24(22-25)23-12-3-2-4-13-23/h2-22H,1H3. The smallest absolute Gasteiger partial charge is 0.0627 e. The highest BCUT2D eigenvalue weighted by molar-refractivity contribution is 6.37. The molecule has 2 heteroatoms. The lowest BCUT2D eigenvalue weighted by Gasteiger charge is -2.13. The van der Waals surface area contributed by atoms with Crippen molar-refractivity contribution in [3.8, 4) is 16.8 Å². The Balaban J connectivity index is 1.63. The van der Waals surface area contributed by atoms with E-state index in [1.807, 2.05) is 0 Å². The Morgan fingerprint density at radius 1 is 0.432 bits per heavy atom. The van der Waals surface area contributed by atoms with Gasteiger partial charge in [0, 0.05) is 50.6 Å². The van der Waals surface area contributed by atoms with Crippen molar-refractivity contribution in [2.24, 2.45) is 7.05 Å². The summed E-state index contributed by atoms with van der Waals surface area (Å²) in [6.07, 6.45) is 0. The van der Waals surface area contributed by atoms with E-state index in [2.05, 4.69) is 144 Å². The summed E-state index contributed by atoms with van der Waals surface area (Å²) in [5.74, 6) is 0. The number of para-hydroxylation sites is 2. The van der Waals surface area contributed by atoms with E-state index in [-0.39, 0.29) is 0 Å². The molecule has 6 aromatic carbocycles. The SMILES string of the molecule is Cn1c2ccccc2c2c3c4ccccc4n(-c4cccc(-c5ccccc5)c4)c3c3ccccc3c21. The number of nitrogens with zero attached hydrogens (tertiary/aromatic N) is 2. The van der Waals surface area contributed by atoms with Gasteiger partial charge in [-0.2, -0.15) is 0 Å². The molecular formula is C35H24N2. The molecule has 174 valence electrons. The summed E-state index contributed by atoms with van der Waals surface area (Å²) in [6, 6.07) is 46.1. The zero-order chi connectivity index (χ0) is 24.5. The molecule has 0 atom stereocenters. The molecule has 0 unspecified atom stereocenters. The summed E-state index contributed by atoms with van der Waals surface area (Å²) in [6.45, 7) is 0. The predicted octanol–water partition coefficient (Wildman–Crippen LogP) is 9.25. The van der Waals surface area contributed by atoms with E-state index >= 15 is 0 Å². The Bertz CT molecular complexity index is 2140. The molecule has 0 aliphatic heterocycles. The molecule has 37 heavy (non-hydrogen) atoms. The lowest BCUT2D eigenvalue weighted by atomic mass is 9.99. The van der Waals surface area contributed by atoms with Gasteiger partial charge in [-0.05, 0) is 35.4 Å². The third-order valence-corrected chi connectivity index (χ3v) is 7.88. The van der Waals surface area contributed by atoms with E-state index in [4.69, 9.17) is 0 Å². The minimum atomic E-state index is 1.18. The van der Waals surface area contributed by atoms with Crippen LogP contribution in [0.3, 0.4) is 0 Å². The summed E-state index contributed by atoms with van der Waals surface area (Å²) in [5, 5.41) is 7.81. The molecule has 0 fully saturated rings. The van der Waals surface area contributed by atoms with Crippen LogP contribution in [0.25, 0.3) is 71.2 Å². The second-order valence-corrected chi connectivity index (χ2v) is 9.84. The number of hydrogen-bond acceptors (Lipinski definition) is 0. The first kappa shape index (κ1) is 20.4. The molecule has 0 saturated carbocycles. The van der Waals surface area contributed by atoms with Gasteiger partial charge in [0.05, 0.1) is 16.6 Å². The largest absolute Gasteiger partial charge is 0.343 e. The van der Waals surface area contributed by atoms with Crippen LogP contribution in [0, 0.1) is 0 Å². The Morgan fingerprint density at radius 3 is 1.73 bits per heavy atom. The molecule has 0 aliphatic rings. The van der Waals surface area contributed by atoms with Crippen molar-refractivity contribution in [1.82, 2.24) is 9.13 Å². The van der Waals surface area contributed by atoms with Crippen LogP contribution < -0.4 is 0 Å². The summed E-state index contributed by atoms with van der Waals surface area (Å²) in [4.78, 5) is 0. The molecule has 2 aromatic heterocycles. The van der Waals surface area contributed by atoms with Crippen molar-refractivity contribution in [3.63, 3.8) is 0 Å². The predicted molar refractivity (Wildman–Crippen MR) is 158 cm³/mol. The number of aromatic nitrogens is 2. The monoisotopic (exact) mass is 472 g/mol. The fourth-order valence-electron chi connectivity index (χ4n) is 6.33. The molecule has 0 radical (unpaired) electrons. The number of hydrogen-bond donors (Lipinski definition) is 0. The Morgan fingerprint density at radius 2 is 0.973 bits per heavy atom. The van der Waals surface area contributed by atoms with Crippen LogP contribution in [0.5, 0.6) is 0 Å². The first-order valence-electron chi connectivity index (χ1n) is 12.8. The summed E-state index contributed by atoms with van der Waals surface area (Å²) in [7, 11) is 2.20. The van der Waals surface area contributed by atoms with Crippen molar-refractivity contribution in [1.29, 1.82) is 0 Å². The van der Waals surface area contributed by atoms with Crippen molar-refractivity contribution < 1.29 is 0 Å². The molecule has 2 heterocycles. The third-order valence-electron chi connectivity index (χ3n) is 7.88. The van der Waals surface area contributed by atoms with Gasteiger partial charge >= 0.3 is 0 Å². The highest BCUT2D eigenvalue weighted by Gasteiger charge is 2.22. The first-order valence-corrected chi connectivity index (χ1v) is 12.8. The summed E-state index contributed by atoms with van der Waals surface area (Å²) >= 11 is 0. The topological polar surface area (TPSA) is 9.86 Å². The minimum absolute atomic E-state index is 1.18. The van der Waals surface area contributed by atoms with E-state index < -0.39 is 0 Å². The van der Waals surface area contributed by atoms with Crippen LogP contribution in [0.15, 0.2) is 127 Å². The average molecular weight is 473 g/mol. The van der Waals surface area contributed by atoms with Crippen LogP contribution in [0.2, 0.25) is 0 Å². The van der Waals surface area contributed by atoms with Gasteiger partial charge in [-0.1, -0.05) is 103 Å². The maximum Gasteiger partial charge on any atom is 0.0627 e. The average Bonchev–Trinajstić information content (AvgIpc) is 3.47. The molecule has 0 spiro atoms. The van der Waals surface area contributed by atoms with Gasteiger partial charge in [-0.3, -0.25) is 0 Å². The van der Waals surface area contributed by atoms with Gasteiger partial charge in [-0.25, -0.2) is 0 Å². The van der Waals surface area contributed by atoms with E-state index in [0.717, 1.165) is 0 Å². The normalized spacial score (nSPS) is 11.9. The molecule has 8 rings (SSSR count). The highest BCUT2D eigenvalue weighted by Crippen LogP contribution is 2.45. The molecule has 0 saturated heterocycles. The molecule has 2 nitrogen and oxygen atoms in total. The number of aryl methyl sites for hydroxylation is 1. The van der Waals surface area contributed by atoms with E-state index in [1.165, 1.54) is 71.2 Å². The fourth-order valence-corrected chi connectivity index (χ4v) is 6.33. The van der Waals surface area contributed by atoms with Crippen molar-refractivity contribution in [2.75, 3.05) is 0 Å². The Labute approximate surface area is 214 Å². The first-order chi connectivity index (χ1) is 18.3. The van der Waals surface area contributed by atoms with Crippen LogP contribution in [-0.4, -0.2) is 9.13 Å². The fraction of sp³-hybridized carbons (Fsp3) is 0.0286. The highest BCUT2D eigenvalue weighted by atomic mass is 15.0. The van der Waals surface area contributed by atoms with Gasteiger partial charge in [0.1, 0.15) is 0 Å². The molecule has 0 aliphatic carbocycles. The molecule has 8 aromatic rings. The molecule has 0 amide bonds. The van der Waals surface area contributed by atoms with Crippen LogP contribution in [0.4, 0.5) is 0 Å². The Kier molecular flexibility index (Phi) is 4.18. The second kappa shape index (κ2) is 7.59. The van der Waals surface area contributed by atoms with Gasteiger partial charge in [0.25, 0.3) is 0 Å². The Hall–Kier alpha value is -4.82. The molecule has 0 N–H and O–H groups in total. The minimum Gasteiger partial charge on any atom is -0.343 e. The summed E-state index contributed by atoms with van der Waals surface area (Å²) in [5.41, 5.74) is 8.69. The van der Waals surface area contributed by atoms with Crippen LogP contribution in [0.1, 0.15) is 0 Å². The van der Waals surface area contributed by atoms with E-state index in [0.29, 0.717) is 0 Å². The maximum absolute atomic E-state index is 2.47. The number of rotatable bonds is 2. The maximum atomic E-state index is 2.47. The van der Waals surface area contributed by atoms with E-state index in [9.17, 15) is 0 Å². The lowest BCUT2D eigenvalue weighted by molar-refractivity contribution is 1.02. The van der Waals surface area contributed by atoms with Crippen molar-refractivity contribution in [2.45, 2.75) is 0 Å². The zero-order valence-electron chi connectivity index (χ0n) is 20.5. The van der Waals surface area contributed by atoms with E-state index in [1.54, 1.807) is 0 Å². The lowest BCUT2D eigenvalue weighted by Crippen LogP contribution is -1.96. The molecular weight excluding hydrogens is 448 g/mol. The number of fused-ring (bicyclic) bond motifs is 10. The summed E-state index contributed by atoms with van der Waals surface area (Å²) < 4.78 is 4.84. The van der Waals surface area contributed by atoms with Crippen molar-refractivity contribution >= 4 is 54.4 Å². The van der Waals surface area contributed by atoms with Gasteiger partial charge in [0.2, 0.25) is 0 Å². The van der Waals surface area contributed by atoms with Crippen molar-refractivity contribution in [3.05, 3.63) is 127 Å². The quantitative estimate of drug-likeness (QED) is 0.237. The van der Waals surface area contributed by atoms with Gasteiger partial charge in [-0.15, -0.1) is 0 Å². The molecule has 0 bridgehead atoms. The second-order valence-electron chi connectivity index (χ2n) is 9.84. The van der Waals surface area contributed by atoms with Crippen LogP contribution >= 0.6 is 0 Å². The van der Waals surface area contributed by atoms with Gasteiger partial charge < -0.3 is 9.13 Å². The zero-order valence-corrected chi connectivity index (χ0v) is 20.5. The van der Waals surface area contributed by atoms with Crippen LogP contribution in [-0.2, 0) is 7.05 Å². The number of benzene rings is 6.